The second-order valence-corrected chi connectivity index (χ2v) is 4.42. The number of halogens is 1. The SMILES string of the molecule is COc1cc(F)c([N+](=O)[O-])c(NCc2ccncc2C)c1. The molecular weight excluding hydrogens is 277 g/mol. The lowest BCUT2D eigenvalue weighted by Crippen LogP contribution is -2.06. The lowest BCUT2D eigenvalue weighted by Gasteiger charge is -2.11. The zero-order chi connectivity index (χ0) is 15.4. The minimum absolute atomic E-state index is 0.0769. The van der Waals surface area contributed by atoms with E-state index < -0.39 is 16.4 Å². The lowest BCUT2D eigenvalue weighted by atomic mass is 10.1. The predicted octanol–water partition coefficient (Wildman–Crippen LogP) is 3.06. The van der Waals surface area contributed by atoms with E-state index in [9.17, 15) is 14.5 Å². The van der Waals surface area contributed by atoms with Crippen molar-refractivity contribution in [1.29, 1.82) is 0 Å². The van der Waals surface area contributed by atoms with Crippen LogP contribution in [0.1, 0.15) is 11.1 Å². The summed E-state index contributed by atoms with van der Waals surface area (Å²) in [5.74, 6) is -0.722. The van der Waals surface area contributed by atoms with Gasteiger partial charge in [-0.1, -0.05) is 0 Å². The molecule has 0 fully saturated rings. The van der Waals surface area contributed by atoms with Gasteiger partial charge in [0.25, 0.3) is 0 Å². The fourth-order valence-electron chi connectivity index (χ4n) is 1.90. The van der Waals surface area contributed by atoms with Gasteiger partial charge in [-0.3, -0.25) is 15.1 Å². The van der Waals surface area contributed by atoms with E-state index in [4.69, 9.17) is 4.74 Å². The summed E-state index contributed by atoms with van der Waals surface area (Å²) >= 11 is 0. The summed E-state index contributed by atoms with van der Waals surface area (Å²) in [5.41, 5.74) is 1.34. The van der Waals surface area contributed by atoms with Crippen LogP contribution in [-0.4, -0.2) is 17.0 Å². The summed E-state index contributed by atoms with van der Waals surface area (Å²) in [6.07, 6.45) is 3.32. The molecule has 0 spiro atoms. The maximum atomic E-state index is 13.8. The maximum Gasteiger partial charge on any atom is 0.327 e. The molecule has 1 heterocycles. The number of ether oxygens (including phenoxy) is 1. The van der Waals surface area contributed by atoms with Crippen LogP contribution in [0.15, 0.2) is 30.6 Å². The number of hydrogen-bond acceptors (Lipinski definition) is 5. The third kappa shape index (κ3) is 3.25. The van der Waals surface area contributed by atoms with E-state index in [0.29, 0.717) is 6.54 Å². The molecule has 0 aliphatic carbocycles. The van der Waals surface area contributed by atoms with Crippen LogP contribution >= 0.6 is 0 Å². The number of nitrogens with zero attached hydrogens (tertiary/aromatic N) is 2. The lowest BCUT2D eigenvalue weighted by molar-refractivity contribution is -0.386. The van der Waals surface area contributed by atoms with Gasteiger partial charge in [-0.2, -0.15) is 4.39 Å². The summed E-state index contributed by atoms with van der Waals surface area (Å²) in [6, 6.07) is 4.18. The molecule has 0 atom stereocenters. The van der Waals surface area contributed by atoms with Crippen LogP contribution in [0.2, 0.25) is 0 Å². The van der Waals surface area contributed by atoms with Crippen LogP contribution in [0.25, 0.3) is 0 Å². The van der Waals surface area contributed by atoms with Crippen LogP contribution in [-0.2, 0) is 6.54 Å². The quantitative estimate of drug-likeness (QED) is 0.676. The molecule has 110 valence electrons. The number of pyridine rings is 1. The highest BCUT2D eigenvalue weighted by Crippen LogP contribution is 2.32. The molecule has 6 nitrogen and oxygen atoms in total. The molecule has 2 aromatic rings. The number of nitro benzene ring substituents is 1. The summed E-state index contributed by atoms with van der Waals surface area (Å²) in [6.45, 7) is 2.20. The van der Waals surface area contributed by atoms with E-state index in [1.165, 1.54) is 13.2 Å². The molecule has 0 amide bonds. The predicted molar refractivity (Wildman–Crippen MR) is 75.9 cm³/mol. The van der Waals surface area contributed by atoms with Crippen molar-refractivity contribution in [2.75, 3.05) is 12.4 Å². The summed E-state index contributed by atoms with van der Waals surface area (Å²) in [4.78, 5) is 14.2. The highest BCUT2D eigenvalue weighted by Gasteiger charge is 2.22. The maximum absolute atomic E-state index is 13.8. The van der Waals surface area contributed by atoms with Gasteiger partial charge < -0.3 is 10.1 Å². The number of anilines is 1. The zero-order valence-electron chi connectivity index (χ0n) is 11.6. The Labute approximate surface area is 120 Å². The van der Waals surface area contributed by atoms with Crippen LogP contribution < -0.4 is 10.1 Å². The second-order valence-electron chi connectivity index (χ2n) is 4.42. The van der Waals surface area contributed by atoms with Crippen molar-refractivity contribution in [3.8, 4) is 5.75 Å². The van der Waals surface area contributed by atoms with E-state index in [1.807, 2.05) is 6.92 Å². The van der Waals surface area contributed by atoms with Gasteiger partial charge in [0.15, 0.2) is 0 Å². The standard InChI is InChI=1S/C14H14FN3O3/c1-9-7-16-4-3-10(9)8-17-13-6-11(21-2)5-12(15)14(13)18(19)20/h3-7,17H,8H2,1-2H3. The molecule has 0 unspecified atom stereocenters. The molecule has 1 aromatic heterocycles. The normalized spacial score (nSPS) is 10.2. The summed E-state index contributed by atoms with van der Waals surface area (Å²) in [5, 5.41) is 13.9. The number of nitro groups is 1. The first-order valence-electron chi connectivity index (χ1n) is 6.18. The Balaban J connectivity index is 2.32. The van der Waals surface area contributed by atoms with E-state index in [2.05, 4.69) is 10.3 Å². The van der Waals surface area contributed by atoms with Crippen molar-refractivity contribution in [1.82, 2.24) is 4.98 Å². The fraction of sp³-hybridized carbons (Fsp3) is 0.214. The molecule has 0 radical (unpaired) electrons. The Morgan fingerprint density at radius 2 is 2.24 bits per heavy atom. The summed E-state index contributed by atoms with van der Waals surface area (Å²) < 4.78 is 18.7. The van der Waals surface area contributed by atoms with Gasteiger partial charge in [0.05, 0.1) is 12.0 Å². The molecule has 0 aliphatic heterocycles. The highest BCUT2D eigenvalue weighted by molar-refractivity contribution is 5.65. The van der Waals surface area contributed by atoms with E-state index >= 15 is 0 Å². The van der Waals surface area contributed by atoms with Crippen molar-refractivity contribution in [2.24, 2.45) is 0 Å². The number of nitrogens with one attached hydrogen (secondary N) is 1. The zero-order valence-corrected chi connectivity index (χ0v) is 11.6. The van der Waals surface area contributed by atoms with Crippen molar-refractivity contribution < 1.29 is 14.1 Å². The Morgan fingerprint density at radius 3 is 2.86 bits per heavy atom. The number of benzene rings is 1. The monoisotopic (exact) mass is 291 g/mol. The van der Waals surface area contributed by atoms with E-state index in [-0.39, 0.29) is 11.4 Å². The van der Waals surface area contributed by atoms with E-state index in [1.54, 1.807) is 18.5 Å². The van der Waals surface area contributed by atoms with Crippen LogP contribution in [0, 0.1) is 22.9 Å². The van der Waals surface area contributed by atoms with Gasteiger partial charge in [-0.25, -0.2) is 0 Å². The third-order valence-electron chi connectivity index (χ3n) is 3.06. The first-order valence-corrected chi connectivity index (χ1v) is 6.18. The Bertz CT molecular complexity index is 677. The molecule has 2 rings (SSSR count). The molecule has 0 aliphatic rings. The van der Waals surface area contributed by atoms with E-state index in [0.717, 1.165) is 17.2 Å². The first-order chi connectivity index (χ1) is 10.0. The molecule has 1 aromatic carbocycles. The number of hydrogen-bond donors (Lipinski definition) is 1. The molecule has 1 N–H and O–H groups in total. The van der Waals surface area contributed by atoms with Crippen molar-refractivity contribution >= 4 is 11.4 Å². The van der Waals surface area contributed by atoms with Gasteiger partial charge in [-0.05, 0) is 24.1 Å². The molecular formula is C14H14FN3O3. The van der Waals surface area contributed by atoms with Gasteiger partial charge >= 0.3 is 5.69 Å². The highest BCUT2D eigenvalue weighted by atomic mass is 19.1. The number of methoxy groups -OCH3 is 1. The van der Waals surface area contributed by atoms with Crippen molar-refractivity contribution in [3.63, 3.8) is 0 Å². The van der Waals surface area contributed by atoms with Crippen LogP contribution in [0.4, 0.5) is 15.8 Å². The van der Waals surface area contributed by atoms with Crippen LogP contribution in [0.3, 0.4) is 0 Å². The van der Waals surface area contributed by atoms with Crippen molar-refractivity contribution in [3.05, 3.63) is 57.7 Å². The number of aromatic nitrogens is 1. The Morgan fingerprint density at radius 1 is 1.48 bits per heavy atom. The van der Waals surface area contributed by atoms with Crippen LogP contribution in [0.5, 0.6) is 5.75 Å². The molecule has 0 bridgehead atoms. The van der Waals surface area contributed by atoms with Gasteiger partial charge in [0, 0.05) is 31.1 Å². The van der Waals surface area contributed by atoms with Gasteiger partial charge in [0.1, 0.15) is 11.4 Å². The van der Waals surface area contributed by atoms with Crippen molar-refractivity contribution in [2.45, 2.75) is 13.5 Å². The van der Waals surface area contributed by atoms with Gasteiger partial charge in [0.2, 0.25) is 5.82 Å². The topological polar surface area (TPSA) is 77.3 Å². The average Bonchev–Trinajstić information content (AvgIpc) is 2.45. The molecule has 21 heavy (non-hydrogen) atoms. The number of aryl methyl sites for hydroxylation is 1. The summed E-state index contributed by atoms with van der Waals surface area (Å²) in [7, 11) is 1.37. The minimum atomic E-state index is -0.937. The minimum Gasteiger partial charge on any atom is -0.497 e. The fourth-order valence-corrected chi connectivity index (χ4v) is 1.90. The molecule has 0 saturated heterocycles. The number of rotatable bonds is 5. The molecule has 0 saturated carbocycles. The molecule has 7 heteroatoms. The second kappa shape index (κ2) is 6.17. The smallest absolute Gasteiger partial charge is 0.327 e. The van der Waals surface area contributed by atoms with Gasteiger partial charge in [-0.15, -0.1) is 0 Å². The first kappa shape index (κ1) is 14.7. The third-order valence-corrected chi connectivity index (χ3v) is 3.06. The average molecular weight is 291 g/mol. The largest absolute Gasteiger partial charge is 0.497 e. The Hall–Kier alpha value is -2.70. The Kier molecular flexibility index (Phi) is 4.32.